The first-order valence-electron chi connectivity index (χ1n) is 8.35. The van der Waals surface area contributed by atoms with Gasteiger partial charge in [-0.05, 0) is 67.4 Å². The van der Waals surface area contributed by atoms with Crippen LogP contribution in [0.4, 0.5) is 11.4 Å². The number of anilines is 2. The zero-order chi connectivity index (χ0) is 16.8. The average molecular weight is 404 g/mol. The minimum Gasteiger partial charge on any atom is -0.372 e. The molecule has 3 rings (SSSR count). The third-order valence-corrected chi connectivity index (χ3v) is 4.93. The van der Waals surface area contributed by atoms with E-state index in [0.717, 1.165) is 16.7 Å². The number of nitrogens with zero attached hydrogens (tertiary/aromatic N) is 1. The van der Waals surface area contributed by atoms with Crippen LogP contribution in [0.15, 0.2) is 53.0 Å². The van der Waals surface area contributed by atoms with Crippen LogP contribution in [0.25, 0.3) is 0 Å². The molecule has 2 aromatic carbocycles. The number of rotatable bonds is 4. The molecule has 1 saturated heterocycles. The molecule has 5 heteroatoms. The Morgan fingerprint density at radius 3 is 2.50 bits per heavy atom. The number of benzene rings is 2. The van der Waals surface area contributed by atoms with E-state index in [1.54, 1.807) is 0 Å². The van der Waals surface area contributed by atoms with Gasteiger partial charge in [-0.15, -0.1) is 0 Å². The highest BCUT2D eigenvalue weighted by Crippen LogP contribution is 2.20. The second-order valence-electron chi connectivity index (χ2n) is 6.03. The van der Waals surface area contributed by atoms with E-state index in [9.17, 15) is 0 Å². The van der Waals surface area contributed by atoms with Crippen LogP contribution in [-0.2, 0) is 6.54 Å². The van der Waals surface area contributed by atoms with Gasteiger partial charge >= 0.3 is 0 Å². The van der Waals surface area contributed by atoms with Crippen molar-refractivity contribution in [2.24, 2.45) is 0 Å². The molecule has 1 aliphatic heterocycles. The van der Waals surface area contributed by atoms with Crippen LogP contribution < -0.4 is 15.5 Å². The number of hydrogen-bond acceptors (Lipinski definition) is 2. The summed E-state index contributed by atoms with van der Waals surface area (Å²) in [5, 5.41) is 7.09. The lowest BCUT2D eigenvalue weighted by atomic mass is 10.1. The predicted octanol–water partition coefficient (Wildman–Crippen LogP) is 4.93. The van der Waals surface area contributed by atoms with Gasteiger partial charge in [0.25, 0.3) is 0 Å². The molecule has 0 bridgehead atoms. The Bertz CT molecular complexity index is 681. The van der Waals surface area contributed by atoms with Crippen molar-refractivity contribution in [1.82, 2.24) is 5.32 Å². The van der Waals surface area contributed by atoms with Crippen LogP contribution >= 0.6 is 28.1 Å². The van der Waals surface area contributed by atoms with Gasteiger partial charge in [0.15, 0.2) is 5.11 Å². The maximum atomic E-state index is 5.36. The third-order valence-electron chi connectivity index (χ3n) is 4.19. The molecule has 126 valence electrons. The van der Waals surface area contributed by atoms with Crippen molar-refractivity contribution in [1.29, 1.82) is 0 Å². The highest BCUT2D eigenvalue weighted by molar-refractivity contribution is 9.10. The number of nitrogens with one attached hydrogen (secondary N) is 2. The second-order valence-corrected chi connectivity index (χ2v) is 7.36. The number of thiocarbonyl (C=S) groups is 1. The molecule has 0 amide bonds. The summed E-state index contributed by atoms with van der Waals surface area (Å²) in [6.45, 7) is 3.08. The van der Waals surface area contributed by atoms with Crippen LogP contribution in [0.5, 0.6) is 0 Å². The lowest BCUT2D eigenvalue weighted by Gasteiger charge is -2.28. The molecular formula is C19H22BrN3S. The summed E-state index contributed by atoms with van der Waals surface area (Å²) >= 11 is 8.82. The lowest BCUT2D eigenvalue weighted by Crippen LogP contribution is -2.29. The number of hydrogen-bond donors (Lipinski definition) is 2. The van der Waals surface area contributed by atoms with E-state index in [0.29, 0.717) is 5.11 Å². The third kappa shape index (κ3) is 4.95. The molecule has 0 unspecified atom stereocenters. The minimum atomic E-state index is 0.633. The Hall–Kier alpha value is -1.59. The average Bonchev–Trinajstić information content (AvgIpc) is 2.61. The van der Waals surface area contributed by atoms with E-state index in [2.05, 4.69) is 55.7 Å². The van der Waals surface area contributed by atoms with Crippen molar-refractivity contribution in [2.75, 3.05) is 23.3 Å². The Kier molecular flexibility index (Phi) is 6.10. The normalized spacial score (nSPS) is 14.3. The zero-order valence-corrected chi connectivity index (χ0v) is 16.0. The highest BCUT2D eigenvalue weighted by Gasteiger charge is 2.10. The van der Waals surface area contributed by atoms with Crippen LogP contribution in [0.1, 0.15) is 24.8 Å². The second kappa shape index (κ2) is 8.49. The zero-order valence-electron chi connectivity index (χ0n) is 13.6. The summed E-state index contributed by atoms with van der Waals surface area (Å²) in [4.78, 5) is 2.47. The largest absolute Gasteiger partial charge is 0.372 e. The van der Waals surface area contributed by atoms with Crippen molar-refractivity contribution >= 4 is 44.6 Å². The molecule has 0 aliphatic carbocycles. The summed E-state index contributed by atoms with van der Waals surface area (Å²) in [6.07, 6.45) is 3.97. The lowest BCUT2D eigenvalue weighted by molar-refractivity contribution is 0.578. The monoisotopic (exact) mass is 403 g/mol. The van der Waals surface area contributed by atoms with Crippen molar-refractivity contribution in [2.45, 2.75) is 25.8 Å². The molecule has 0 saturated carbocycles. The summed E-state index contributed by atoms with van der Waals surface area (Å²) in [5.41, 5.74) is 3.53. The molecule has 0 atom stereocenters. The molecule has 0 spiro atoms. The van der Waals surface area contributed by atoms with Gasteiger partial charge in [0, 0.05) is 35.5 Å². The molecular weight excluding hydrogens is 382 g/mol. The molecule has 0 aromatic heterocycles. The van der Waals surface area contributed by atoms with Crippen molar-refractivity contribution in [3.8, 4) is 0 Å². The Balaban J connectivity index is 1.50. The van der Waals surface area contributed by atoms with Crippen LogP contribution in [0.3, 0.4) is 0 Å². The van der Waals surface area contributed by atoms with Crippen LogP contribution in [0, 0.1) is 0 Å². The Labute approximate surface area is 157 Å². The molecule has 3 nitrogen and oxygen atoms in total. The molecule has 1 heterocycles. The first-order valence-corrected chi connectivity index (χ1v) is 9.55. The molecule has 24 heavy (non-hydrogen) atoms. The summed E-state index contributed by atoms with van der Waals surface area (Å²) in [5.74, 6) is 0. The highest BCUT2D eigenvalue weighted by atomic mass is 79.9. The SMILES string of the molecule is S=C(NCc1ccc(N2CCCCC2)cc1)Nc1cccc(Br)c1. The van der Waals surface area contributed by atoms with E-state index in [4.69, 9.17) is 12.2 Å². The predicted molar refractivity (Wildman–Crippen MR) is 110 cm³/mol. The van der Waals surface area contributed by atoms with Crippen molar-refractivity contribution in [3.05, 3.63) is 58.6 Å². The minimum absolute atomic E-state index is 0.633. The molecule has 1 aliphatic rings. The number of halogens is 1. The molecule has 2 aromatic rings. The van der Waals surface area contributed by atoms with E-state index in [1.165, 1.54) is 43.6 Å². The Morgan fingerprint density at radius 2 is 1.79 bits per heavy atom. The fourth-order valence-corrected chi connectivity index (χ4v) is 3.49. The summed E-state index contributed by atoms with van der Waals surface area (Å²) < 4.78 is 1.03. The van der Waals surface area contributed by atoms with E-state index >= 15 is 0 Å². The van der Waals surface area contributed by atoms with E-state index in [1.807, 2.05) is 24.3 Å². The van der Waals surface area contributed by atoms with E-state index in [-0.39, 0.29) is 0 Å². The molecule has 0 radical (unpaired) electrons. The number of piperidine rings is 1. The van der Waals surface area contributed by atoms with Crippen molar-refractivity contribution in [3.63, 3.8) is 0 Å². The first-order chi connectivity index (χ1) is 11.7. The topological polar surface area (TPSA) is 27.3 Å². The van der Waals surface area contributed by atoms with E-state index < -0.39 is 0 Å². The summed E-state index contributed by atoms with van der Waals surface area (Å²) in [7, 11) is 0. The first kappa shape index (κ1) is 17.2. The van der Waals surface area contributed by atoms with Gasteiger partial charge in [0.05, 0.1) is 0 Å². The fraction of sp³-hybridized carbons (Fsp3) is 0.316. The van der Waals surface area contributed by atoms with Crippen LogP contribution in [-0.4, -0.2) is 18.2 Å². The maximum Gasteiger partial charge on any atom is 0.171 e. The Morgan fingerprint density at radius 1 is 1.04 bits per heavy atom. The summed E-state index contributed by atoms with van der Waals surface area (Å²) in [6, 6.07) is 16.8. The maximum absolute atomic E-state index is 5.36. The van der Waals surface area contributed by atoms with Gasteiger partial charge in [-0.2, -0.15) is 0 Å². The standard InChI is InChI=1S/C19H22BrN3S/c20-16-5-4-6-17(13-16)22-19(24)21-14-15-7-9-18(10-8-15)23-11-2-1-3-12-23/h4-10,13H,1-3,11-12,14H2,(H2,21,22,24). The fourth-order valence-electron chi connectivity index (χ4n) is 2.90. The smallest absolute Gasteiger partial charge is 0.171 e. The quantitative estimate of drug-likeness (QED) is 0.707. The van der Waals surface area contributed by atoms with Gasteiger partial charge in [-0.25, -0.2) is 0 Å². The van der Waals surface area contributed by atoms with Gasteiger partial charge in [0.1, 0.15) is 0 Å². The van der Waals surface area contributed by atoms with Gasteiger partial charge < -0.3 is 15.5 Å². The molecule has 1 fully saturated rings. The van der Waals surface area contributed by atoms with Crippen LogP contribution in [0.2, 0.25) is 0 Å². The van der Waals surface area contributed by atoms with Crippen molar-refractivity contribution < 1.29 is 0 Å². The van der Waals surface area contributed by atoms with Gasteiger partial charge in [-0.3, -0.25) is 0 Å². The molecule has 2 N–H and O–H groups in total. The van der Waals surface area contributed by atoms with Gasteiger partial charge in [0.2, 0.25) is 0 Å². The van der Waals surface area contributed by atoms with Gasteiger partial charge in [-0.1, -0.05) is 34.1 Å².